The first-order valence-corrected chi connectivity index (χ1v) is 7.69. The Bertz CT molecular complexity index is 657. The number of pyridine rings is 2. The molecule has 1 atom stereocenters. The van der Waals surface area contributed by atoms with E-state index in [4.69, 9.17) is 0 Å². The summed E-state index contributed by atoms with van der Waals surface area (Å²) < 4.78 is 23.4. The van der Waals surface area contributed by atoms with E-state index >= 15 is 0 Å². The van der Waals surface area contributed by atoms with Crippen molar-refractivity contribution in [2.75, 3.05) is 11.6 Å². The number of hydrogen-bond donors (Lipinski definition) is 1. The lowest BCUT2D eigenvalue weighted by Gasteiger charge is -2.16. The predicted octanol–water partition coefficient (Wildman–Crippen LogP) is 2.05. The average molecular weight is 277 g/mol. The lowest BCUT2D eigenvalue weighted by atomic mass is 10.1. The van der Waals surface area contributed by atoms with Gasteiger partial charge in [0.15, 0.2) is 9.84 Å². The van der Waals surface area contributed by atoms with Crippen molar-refractivity contribution in [1.82, 2.24) is 9.97 Å². The Morgan fingerprint density at radius 3 is 2.47 bits per heavy atom. The molecule has 0 bridgehead atoms. The van der Waals surface area contributed by atoms with Gasteiger partial charge in [0.1, 0.15) is 10.7 Å². The van der Waals surface area contributed by atoms with Crippen LogP contribution in [0, 0.1) is 0 Å². The number of aromatic nitrogens is 2. The highest BCUT2D eigenvalue weighted by Crippen LogP contribution is 2.23. The van der Waals surface area contributed by atoms with E-state index in [0.717, 1.165) is 5.56 Å². The Hall–Kier alpha value is -1.95. The van der Waals surface area contributed by atoms with E-state index in [9.17, 15) is 8.42 Å². The second-order valence-electron chi connectivity index (χ2n) is 4.27. The number of sulfone groups is 1. The third kappa shape index (κ3) is 3.29. The van der Waals surface area contributed by atoms with Gasteiger partial charge in [0.2, 0.25) is 0 Å². The van der Waals surface area contributed by atoms with E-state index in [2.05, 4.69) is 15.3 Å². The van der Waals surface area contributed by atoms with Crippen LogP contribution < -0.4 is 5.32 Å². The summed E-state index contributed by atoms with van der Waals surface area (Å²) in [5.74, 6) is 0.370. The molecule has 6 heteroatoms. The Morgan fingerprint density at radius 2 is 1.84 bits per heavy atom. The summed E-state index contributed by atoms with van der Waals surface area (Å²) in [6.45, 7) is 1.94. The highest BCUT2D eigenvalue weighted by atomic mass is 32.2. The lowest BCUT2D eigenvalue weighted by molar-refractivity contribution is 0.601. The minimum atomic E-state index is -3.30. The lowest BCUT2D eigenvalue weighted by Crippen LogP contribution is -2.11. The first kappa shape index (κ1) is 13.5. The molecule has 1 unspecified atom stereocenters. The first-order valence-electron chi connectivity index (χ1n) is 5.80. The minimum absolute atomic E-state index is 0.0570. The van der Waals surface area contributed by atoms with Crippen molar-refractivity contribution >= 4 is 15.7 Å². The highest BCUT2D eigenvalue weighted by molar-refractivity contribution is 7.90. The van der Waals surface area contributed by atoms with Gasteiger partial charge in [-0.2, -0.15) is 0 Å². The fraction of sp³-hybridized carbons (Fsp3) is 0.231. The molecule has 2 aromatic heterocycles. The van der Waals surface area contributed by atoms with E-state index in [1.165, 1.54) is 6.26 Å². The van der Waals surface area contributed by atoms with E-state index in [0.29, 0.717) is 5.82 Å². The van der Waals surface area contributed by atoms with E-state index < -0.39 is 9.84 Å². The van der Waals surface area contributed by atoms with Crippen LogP contribution in [0.25, 0.3) is 0 Å². The maximum absolute atomic E-state index is 11.7. The summed E-state index contributed by atoms with van der Waals surface area (Å²) in [5.41, 5.74) is 1.01. The van der Waals surface area contributed by atoms with Crippen LogP contribution in [-0.2, 0) is 9.84 Å². The molecule has 0 spiro atoms. The molecule has 0 fully saturated rings. The molecule has 5 nitrogen and oxygen atoms in total. The van der Waals surface area contributed by atoms with Gasteiger partial charge in [0.05, 0.1) is 6.04 Å². The highest BCUT2D eigenvalue weighted by Gasteiger charge is 2.15. The molecule has 19 heavy (non-hydrogen) atoms. The molecule has 2 aromatic rings. The maximum Gasteiger partial charge on any atom is 0.179 e. The van der Waals surface area contributed by atoms with Gasteiger partial charge in [0.25, 0.3) is 0 Å². The van der Waals surface area contributed by atoms with Crippen molar-refractivity contribution in [3.05, 3.63) is 48.4 Å². The fourth-order valence-electron chi connectivity index (χ4n) is 1.74. The normalized spacial score (nSPS) is 12.9. The number of nitrogens with one attached hydrogen (secondary N) is 1. The summed E-state index contributed by atoms with van der Waals surface area (Å²) in [5, 5.41) is 3.12. The molecule has 0 aliphatic rings. The summed E-state index contributed by atoms with van der Waals surface area (Å²) in [6, 6.07) is 6.85. The van der Waals surface area contributed by atoms with Gasteiger partial charge in [-0.3, -0.25) is 4.98 Å². The van der Waals surface area contributed by atoms with E-state index in [1.54, 1.807) is 30.7 Å². The fourth-order valence-corrected chi connectivity index (χ4v) is 2.53. The van der Waals surface area contributed by atoms with Crippen LogP contribution in [0.15, 0.2) is 47.8 Å². The van der Waals surface area contributed by atoms with Crippen LogP contribution in [0.5, 0.6) is 0 Å². The molecule has 2 rings (SSSR count). The third-order valence-electron chi connectivity index (χ3n) is 2.73. The average Bonchev–Trinajstić information content (AvgIpc) is 2.39. The van der Waals surface area contributed by atoms with Crippen molar-refractivity contribution < 1.29 is 8.42 Å². The molecule has 0 aliphatic carbocycles. The summed E-state index contributed by atoms with van der Waals surface area (Å²) in [7, 11) is -3.30. The van der Waals surface area contributed by atoms with Gasteiger partial charge < -0.3 is 5.32 Å². The molecular formula is C13H15N3O2S. The smallest absolute Gasteiger partial charge is 0.179 e. The molecule has 100 valence electrons. The molecule has 2 heterocycles. The number of hydrogen-bond acceptors (Lipinski definition) is 5. The Balaban J connectivity index is 2.30. The van der Waals surface area contributed by atoms with Crippen molar-refractivity contribution in [3.63, 3.8) is 0 Å². The number of nitrogens with zero attached hydrogens (tertiary/aromatic N) is 2. The zero-order chi connectivity index (χ0) is 13.9. The summed E-state index contributed by atoms with van der Waals surface area (Å²) in [4.78, 5) is 8.26. The molecule has 0 saturated heterocycles. The van der Waals surface area contributed by atoms with Gasteiger partial charge in [-0.1, -0.05) is 0 Å². The Labute approximate surface area is 112 Å². The van der Waals surface area contributed by atoms with Crippen LogP contribution >= 0.6 is 0 Å². The quantitative estimate of drug-likeness (QED) is 0.926. The van der Waals surface area contributed by atoms with Crippen LogP contribution in [0.2, 0.25) is 0 Å². The molecule has 0 amide bonds. The van der Waals surface area contributed by atoms with Crippen molar-refractivity contribution in [3.8, 4) is 0 Å². The van der Waals surface area contributed by atoms with E-state index in [1.807, 2.05) is 19.1 Å². The molecule has 1 N–H and O–H groups in total. The second kappa shape index (κ2) is 5.36. The van der Waals surface area contributed by atoms with Gasteiger partial charge in [-0.15, -0.1) is 0 Å². The van der Waals surface area contributed by atoms with Gasteiger partial charge in [0, 0.05) is 24.8 Å². The molecule has 0 radical (unpaired) electrons. The van der Waals surface area contributed by atoms with Crippen molar-refractivity contribution in [2.45, 2.75) is 17.9 Å². The Kier molecular flexibility index (Phi) is 3.80. The molecule has 0 saturated carbocycles. The number of rotatable bonds is 4. The van der Waals surface area contributed by atoms with Gasteiger partial charge in [-0.05, 0) is 36.8 Å². The van der Waals surface area contributed by atoms with Crippen molar-refractivity contribution in [2.24, 2.45) is 0 Å². The van der Waals surface area contributed by atoms with E-state index in [-0.39, 0.29) is 10.9 Å². The first-order chi connectivity index (χ1) is 8.98. The Morgan fingerprint density at radius 1 is 1.16 bits per heavy atom. The topological polar surface area (TPSA) is 72.0 Å². The van der Waals surface area contributed by atoms with Crippen LogP contribution in [0.1, 0.15) is 18.5 Å². The molecule has 0 aromatic carbocycles. The monoisotopic (exact) mass is 277 g/mol. The van der Waals surface area contributed by atoms with Crippen LogP contribution in [-0.4, -0.2) is 24.6 Å². The zero-order valence-electron chi connectivity index (χ0n) is 10.7. The minimum Gasteiger partial charge on any atom is -0.362 e. The second-order valence-corrected chi connectivity index (χ2v) is 6.25. The SMILES string of the molecule is CC(Nc1ncccc1S(C)(=O)=O)c1ccncc1. The standard InChI is InChI=1S/C13H15N3O2S/c1-10(11-5-8-14-9-6-11)16-13-12(19(2,17)18)4-3-7-15-13/h3-10H,1-2H3,(H,15,16). The summed E-state index contributed by atoms with van der Waals surface area (Å²) in [6.07, 6.45) is 6.13. The zero-order valence-corrected chi connectivity index (χ0v) is 11.6. The van der Waals surface area contributed by atoms with Crippen LogP contribution in [0.3, 0.4) is 0 Å². The molecular weight excluding hydrogens is 262 g/mol. The van der Waals surface area contributed by atoms with Crippen LogP contribution in [0.4, 0.5) is 5.82 Å². The largest absolute Gasteiger partial charge is 0.362 e. The maximum atomic E-state index is 11.7. The van der Waals surface area contributed by atoms with Gasteiger partial charge >= 0.3 is 0 Å². The molecule has 0 aliphatic heterocycles. The summed E-state index contributed by atoms with van der Waals surface area (Å²) >= 11 is 0. The third-order valence-corrected chi connectivity index (χ3v) is 3.86. The van der Waals surface area contributed by atoms with Crippen molar-refractivity contribution in [1.29, 1.82) is 0 Å². The van der Waals surface area contributed by atoms with Gasteiger partial charge in [-0.25, -0.2) is 13.4 Å². The predicted molar refractivity (Wildman–Crippen MR) is 73.6 cm³/mol. The number of anilines is 1.